The minimum Gasteiger partial charge on any atom is -0.355 e. The molecule has 4 rings (SSSR count). The van der Waals surface area contributed by atoms with Crippen molar-refractivity contribution in [3.63, 3.8) is 0 Å². The first-order chi connectivity index (χ1) is 11.8. The largest absolute Gasteiger partial charge is 0.355 e. The number of nitrogens with zero attached hydrogens (tertiary/aromatic N) is 3. The van der Waals surface area contributed by atoms with Crippen molar-refractivity contribution in [2.75, 3.05) is 0 Å². The first-order valence-corrected chi connectivity index (χ1v) is 7.53. The van der Waals surface area contributed by atoms with E-state index in [2.05, 4.69) is 15.6 Å². The zero-order valence-corrected chi connectivity index (χ0v) is 12.7. The number of rotatable bonds is 4. The van der Waals surface area contributed by atoms with E-state index in [0.29, 0.717) is 12.3 Å². The fourth-order valence-corrected chi connectivity index (χ4v) is 2.51. The molecule has 0 unspecified atom stereocenters. The molecule has 0 radical (unpaired) electrons. The molecular weight excluding hydrogens is 304 g/mol. The Morgan fingerprint density at radius 2 is 1.96 bits per heavy atom. The predicted molar refractivity (Wildman–Crippen MR) is 88.3 cm³/mol. The van der Waals surface area contributed by atoms with Crippen molar-refractivity contribution in [1.82, 2.24) is 20.1 Å². The van der Waals surface area contributed by atoms with Crippen molar-refractivity contribution in [2.45, 2.75) is 6.54 Å². The highest BCUT2D eigenvalue weighted by atomic mass is 16.5. The molecule has 3 heterocycles. The second-order valence-electron chi connectivity index (χ2n) is 5.33. The van der Waals surface area contributed by atoms with Crippen molar-refractivity contribution >= 4 is 11.4 Å². The third kappa shape index (κ3) is 2.65. The molecule has 0 aliphatic carbocycles. The Kier molecular flexibility index (Phi) is 3.55. The van der Waals surface area contributed by atoms with Crippen LogP contribution >= 0.6 is 0 Å². The number of benzene rings is 1. The molecule has 1 amide bonds. The van der Waals surface area contributed by atoms with Gasteiger partial charge in [0.05, 0.1) is 11.7 Å². The van der Waals surface area contributed by atoms with E-state index >= 15 is 0 Å². The quantitative estimate of drug-likeness (QED) is 0.628. The highest BCUT2D eigenvalue weighted by Gasteiger charge is 2.14. The number of pyridine rings is 1. The number of nitrogens with one attached hydrogen (secondary N) is 1. The predicted octanol–water partition coefficient (Wildman–Crippen LogP) is 2.92. The second-order valence-corrected chi connectivity index (χ2v) is 5.33. The van der Waals surface area contributed by atoms with Crippen LogP contribution in [0.2, 0.25) is 0 Å². The molecule has 0 saturated heterocycles. The van der Waals surface area contributed by atoms with Crippen molar-refractivity contribution in [3.8, 4) is 11.3 Å². The summed E-state index contributed by atoms with van der Waals surface area (Å²) in [6, 6.07) is 17.0. The van der Waals surface area contributed by atoms with Crippen LogP contribution < -0.4 is 5.32 Å². The number of carbonyl (C=O) groups is 1. The summed E-state index contributed by atoms with van der Waals surface area (Å²) in [6.07, 6.45) is 3.61. The number of fused-ring (bicyclic) bond motifs is 1. The minimum atomic E-state index is -0.281. The summed E-state index contributed by atoms with van der Waals surface area (Å²) in [5.74, 6) is 0.285. The Hall–Kier alpha value is -3.41. The lowest BCUT2D eigenvalue weighted by Gasteiger charge is -2.01. The SMILES string of the molecule is O=C(NCc1cnn2ccccc12)c1cc(-c2ccccc2)on1. The molecule has 6 nitrogen and oxygen atoms in total. The lowest BCUT2D eigenvalue weighted by Crippen LogP contribution is -2.22. The maximum atomic E-state index is 12.3. The van der Waals surface area contributed by atoms with Gasteiger partial charge in [0.15, 0.2) is 11.5 Å². The topological polar surface area (TPSA) is 72.4 Å². The summed E-state index contributed by atoms with van der Waals surface area (Å²) >= 11 is 0. The van der Waals surface area contributed by atoms with Crippen LogP contribution in [0.1, 0.15) is 16.1 Å². The highest BCUT2D eigenvalue weighted by Crippen LogP contribution is 2.19. The van der Waals surface area contributed by atoms with Crippen molar-refractivity contribution in [1.29, 1.82) is 0 Å². The zero-order valence-electron chi connectivity index (χ0n) is 12.7. The first-order valence-electron chi connectivity index (χ1n) is 7.53. The standard InChI is InChI=1S/C18H14N4O2/c23-18(15-10-17(24-21-15)13-6-2-1-3-7-13)19-11-14-12-20-22-9-5-4-8-16(14)22/h1-10,12H,11H2,(H,19,23). The van der Waals surface area contributed by atoms with Gasteiger partial charge in [0.1, 0.15) is 0 Å². The lowest BCUT2D eigenvalue weighted by molar-refractivity contribution is 0.0942. The fraction of sp³-hybridized carbons (Fsp3) is 0.0556. The maximum absolute atomic E-state index is 12.3. The van der Waals surface area contributed by atoms with Gasteiger partial charge in [-0.15, -0.1) is 0 Å². The van der Waals surface area contributed by atoms with Crippen LogP contribution in [0.5, 0.6) is 0 Å². The second kappa shape index (κ2) is 6.00. The number of hydrogen-bond acceptors (Lipinski definition) is 4. The summed E-state index contributed by atoms with van der Waals surface area (Å²) < 4.78 is 7.02. The van der Waals surface area contributed by atoms with Gasteiger partial charge in [-0.1, -0.05) is 41.6 Å². The van der Waals surface area contributed by atoms with Gasteiger partial charge in [-0.05, 0) is 12.1 Å². The molecule has 118 valence electrons. The van der Waals surface area contributed by atoms with E-state index in [9.17, 15) is 4.79 Å². The van der Waals surface area contributed by atoms with Crippen molar-refractivity contribution in [3.05, 3.63) is 78.2 Å². The Balaban J connectivity index is 1.48. The number of hydrogen-bond donors (Lipinski definition) is 1. The summed E-state index contributed by atoms with van der Waals surface area (Å²) in [6.45, 7) is 0.375. The molecule has 0 bridgehead atoms. The smallest absolute Gasteiger partial charge is 0.273 e. The summed E-state index contributed by atoms with van der Waals surface area (Å²) in [4.78, 5) is 12.3. The molecule has 3 aromatic heterocycles. The van der Waals surface area contributed by atoms with E-state index < -0.39 is 0 Å². The van der Waals surface area contributed by atoms with Gasteiger partial charge in [0.2, 0.25) is 0 Å². The highest BCUT2D eigenvalue weighted by molar-refractivity contribution is 5.93. The summed E-state index contributed by atoms with van der Waals surface area (Å²) in [5, 5.41) is 10.9. The maximum Gasteiger partial charge on any atom is 0.273 e. The average molecular weight is 318 g/mol. The summed E-state index contributed by atoms with van der Waals surface area (Å²) in [5.41, 5.74) is 3.04. The monoisotopic (exact) mass is 318 g/mol. The molecular formula is C18H14N4O2. The molecule has 4 aromatic rings. The van der Waals surface area contributed by atoms with Crippen molar-refractivity contribution < 1.29 is 9.32 Å². The van der Waals surface area contributed by atoms with E-state index in [0.717, 1.165) is 16.6 Å². The van der Waals surface area contributed by atoms with Crippen LogP contribution in [0.3, 0.4) is 0 Å². The first kappa shape index (κ1) is 14.2. The van der Waals surface area contributed by atoms with Crippen LogP contribution in [-0.2, 0) is 6.54 Å². The van der Waals surface area contributed by atoms with Gasteiger partial charge < -0.3 is 9.84 Å². The van der Waals surface area contributed by atoms with Gasteiger partial charge in [0, 0.05) is 29.9 Å². The van der Waals surface area contributed by atoms with Crippen LogP contribution in [0.15, 0.2) is 71.5 Å². The lowest BCUT2D eigenvalue weighted by atomic mass is 10.1. The van der Waals surface area contributed by atoms with Gasteiger partial charge in [-0.2, -0.15) is 5.10 Å². The molecule has 0 aliphatic rings. The third-order valence-corrected chi connectivity index (χ3v) is 3.75. The minimum absolute atomic E-state index is 0.255. The Bertz CT molecular complexity index is 988. The van der Waals surface area contributed by atoms with Gasteiger partial charge in [-0.25, -0.2) is 4.52 Å². The van der Waals surface area contributed by atoms with Crippen molar-refractivity contribution in [2.24, 2.45) is 0 Å². The van der Waals surface area contributed by atoms with Crippen LogP contribution in [-0.4, -0.2) is 20.7 Å². The Morgan fingerprint density at radius 3 is 2.83 bits per heavy atom. The zero-order chi connectivity index (χ0) is 16.4. The van der Waals surface area contributed by atoms with E-state index in [1.807, 2.05) is 54.7 Å². The molecule has 0 fully saturated rings. The van der Waals surface area contributed by atoms with Gasteiger partial charge in [0.25, 0.3) is 5.91 Å². The average Bonchev–Trinajstić information content (AvgIpc) is 3.28. The normalized spacial score (nSPS) is 10.8. The number of amides is 1. The number of aromatic nitrogens is 3. The molecule has 0 saturated carbocycles. The van der Waals surface area contributed by atoms with E-state index in [-0.39, 0.29) is 11.6 Å². The Morgan fingerprint density at radius 1 is 1.12 bits per heavy atom. The van der Waals surface area contributed by atoms with Crippen LogP contribution in [0.25, 0.3) is 16.8 Å². The Labute approximate surface area is 137 Å². The molecule has 0 spiro atoms. The molecule has 1 aromatic carbocycles. The molecule has 0 atom stereocenters. The van der Waals surface area contributed by atoms with E-state index in [1.165, 1.54) is 0 Å². The van der Waals surface area contributed by atoms with Gasteiger partial charge in [-0.3, -0.25) is 4.79 Å². The third-order valence-electron chi connectivity index (χ3n) is 3.75. The summed E-state index contributed by atoms with van der Waals surface area (Å²) in [7, 11) is 0. The molecule has 24 heavy (non-hydrogen) atoms. The molecule has 1 N–H and O–H groups in total. The van der Waals surface area contributed by atoms with Gasteiger partial charge >= 0.3 is 0 Å². The van der Waals surface area contributed by atoms with Crippen LogP contribution in [0.4, 0.5) is 0 Å². The molecule has 6 heteroatoms. The number of carbonyl (C=O) groups excluding carboxylic acids is 1. The van der Waals surface area contributed by atoms with E-state index in [4.69, 9.17) is 4.52 Å². The fourth-order valence-electron chi connectivity index (χ4n) is 2.51. The molecule has 0 aliphatic heterocycles. The van der Waals surface area contributed by atoms with E-state index in [1.54, 1.807) is 16.8 Å². The van der Waals surface area contributed by atoms with Crippen LogP contribution in [0, 0.1) is 0 Å².